The van der Waals surface area contributed by atoms with E-state index in [2.05, 4.69) is 30.8 Å². The lowest BCUT2D eigenvalue weighted by molar-refractivity contribution is -0.161. The Morgan fingerprint density at radius 3 is 2.00 bits per heavy atom. The number of esters is 3. The second-order valence-electron chi connectivity index (χ2n) is 13.4. The largest absolute Gasteiger partial charge is 0.479 e. The van der Waals surface area contributed by atoms with E-state index in [-0.39, 0.29) is 18.3 Å². The van der Waals surface area contributed by atoms with Crippen molar-refractivity contribution in [2.24, 2.45) is 5.92 Å². The molecule has 1 N–H and O–H groups in total. The molecule has 3 aromatic carbocycles. The van der Waals surface area contributed by atoms with Crippen LogP contribution in [0.2, 0.25) is 0 Å². The van der Waals surface area contributed by atoms with Gasteiger partial charge >= 0.3 is 23.9 Å². The van der Waals surface area contributed by atoms with Crippen molar-refractivity contribution < 1.29 is 48.0 Å². The van der Waals surface area contributed by atoms with Gasteiger partial charge in [-0.1, -0.05) is 87.7 Å². The highest BCUT2D eigenvalue weighted by Crippen LogP contribution is 2.38. The van der Waals surface area contributed by atoms with E-state index in [9.17, 15) is 24.3 Å². The van der Waals surface area contributed by atoms with E-state index in [1.54, 1.807) is 36.4 Å². The smallest absolute Gasteiger partial charge is 0.343 e. The van der Waals surface area contributed by atoms with Crippen molar-refractivity contribution in [3.05, 3.63) is 102 Å². The summed E-state index contributed by atoms with van der Waals surface area (Å²) in [6.07, 6.45) is 7.97. The van der Waals surface area contributed by atoms with Crippen molar-refractivity contribution >= 4 is 23.9 Å². The highest BCUT2D eigenvalue weighted by molar-refractivity contribution is 5.91. The first-order valence-electron chi connectivity index (χ1n) is 18.3. The molecule has 0 amide bonds. The van der Waals surface area contributed by atoms with Crippen LogP contribution in [-0.2, 0) is 33.3 Å². The molecule has 1 aliphatic heterocycles. The average Bonchev–Trinajstić information content (AvgIpc) is 3.63. The molecule has 0 spiro atoms. The van der Waals surface area contributed by atoms with Crippen LogP contribution < -0.4 is 4.74 Å². The third-order valence-corrected chi connectivity index (χ3v) is 9.75. The van der Waals surface area contributed by atoms with Gasteiger partial charge in [0.2, 0.25) is 0 Å². The van der Waals surface area contributed by atoms with Crippen molar-refractivity contribution in [1.29, 1.82) is 0 Å². The Morgan fingerprint density at radius 2 is 1.37 bits per heavy atom. The number of benzene rings is 3. The number of carbonyl (C=O) groups is 4. The number of hydrogen-bond acceptors (Lipinski definition) is 9. The third kappa shape index (κ3) is 10.6. The average molecular weight is 713 g/mol. The maximum Gasteiger partial charge on any atom is 0.343 e. The fraction of sp³-hybridized carbons (Fsp3) is 0.429. The Morgan fingerprint density at radius 1 is 0.750 bits per heavy atom. The van der Waals surface area contributed by atoms with Crippen LogP contribution >= 0.6 is 0 Å². The first kappa shape index (κ1) is 38.4. The number of carboxylic acids is 1. The number of unbranched alkanes of at least 4 members (excludes halogenated alkanes) is 3. The molecule has 5 rings (SSSR count). The van der Waals surface area contributed by atoms with Gasteiger partial charge in [0.1, 0.15) is 5.75 Å². The normalized spacial score (nSPS) is 21.2. The van der Waals surface area contributed by atoms with Crippen LogP contribution in [0.3, 0.4) is 0 Å². The van der Waals surface area contributed by atoms with E-state index in [0.29, 0.717) is 30.1 Å². The van der Waals surface area contributed by atoms with Gasteiger partial charge in [-0.05, 0) is 91.3 Å². The quantitative estimate of drug-likeness (QED) is 0.0630. The van der Waals surface area contributed by atoms with Crippen LogP contribution in [0.1, 0.15) is 105 Å². The summed E-state index contributed by atoms with van der Waals surface area (Å²) in [7, 11) is 0. The van der Waals surface area contributed by atoms with E-state index >= 15 is 0 Å². The van der Waals surface area contributed by atoms with Gasteiger partial charge in [-0.3, -0.25) is 0 Å². The molecular formula is C42H48O10. The van der Waals surface area contributed by atoms with Gasteiger partial charge in [-0.25, -0.2) is 19.2 Å². The number of rotatable bonds is 17. The van der Waals surface area contributed by atoms with Gasteiger partial charge in [-0.15, -0.1) is 0 Å². The first-order chi connectivity index (χ1) is 25.2. The third-order valence-electron chi connectivity index (χ3n) is 9.75. The highest BCUT2D eigenvalue weighted by Gasteiger charge is 2.47. The van der Waals surface area contributed by atoms with Gasteiger partial charge in [0.15, 0.2) is 18.5 Å². The zero-order valence-corrected chi connectivity index (χ0v) is 29.7. The Hall–Kier alpha value is -4.80. The lowest BCUT2D eigenvalue weighted by Crippen LogP contribution is -2.38. The zero-order chi connectivity index (χ0) is 36.9. The maximum atomic E-state index is 12.9. The summed E-state index contributed by atoms with van der Waals surface area (Å²) in [6, 6.07) is 22.3. The summed E-state index contributed by atoms with van der Waals surface area (Å²) in [5, 5.41) is 9.54. The molecule has 1 unspecified atom stereocenters. The number of hydrogen-bond donors (Lipinski definition) is 1. The predicted molar refractivity (Wildman–Crippen MR) is 194 cm³/mol. The van der Waals surface area contributed by atoms with E-state index in [1.165, 1.54) is 50.2 Å². The van der Waals surface area contributed by atoms with Crippen molar-refractivity contribution in [2.45, 2.75) is 95.5 Å². The maximum absolute atomic E-state index is 12.9. The van der Waals surface area contributed by atoms with Gasteiger partial charge in [-0.2, -0.15) is 0 Å². The van der Waals surface area contributed by atoms with E-state index < -0.39 is 36.4 Å². The summed E-state index contributed by atoms with van der Waals surface area (Å²) in [5.41, 5.74) is 4.30. The summed E-state index contributed by atoms with van der Waals surface area (Å²) in [4.78, 5) is 48.2. The summed E-state index contributed by atoms with van der Waals surface area (Å²) in [5.74, 6) is -1.34. The Labute approximate surface area is 305 Å². The number of carboxylic acid groups (broad SMARTS) is 1. The number of carbonyl (C=O) groups excluding carboxylic acids is 3. The van der Waals surface area contributed by atoms with Crippen molar-refractivity contribution in [3.8, 4) is 16.9 Å². The molecule has 1 aliphatic carbocycles. The zero-order valence-electron chi connectivity index (χ0n) is 29.7. The van der Waals surface area contributed by atoms with E-state index in [1.807, 2.05) is 19.1 Å². The minimum absolute atomic E-state index is 0.174. The second-order valence-corrected chi connectivity index (χ2v) is 13.4. The van der Waals surface area contributed by atoms with Crippen LogP contribution in [0.5, 0.6) is 5.75 Å². The lowest BCUT2D eigenvalue weighted by Gasteiger charge is -2.29. The lowest BCUT2D eigenvalue weighted by atomic mass is 9.77. The molecule has 0 radical (unpaired) electrons. The van der Waals surface area contributed by atoms with E-state index in [0.717, 1.165) is 36.3 Å². The molecule has 52 heavy (non-hydrogen) atoms. The minimum Gasteiger partial charge on any atom is -0.479 e. The van der Waals surface area contributed by atoms with E-state index in [4.69, 9.17) is 23.7 Å². The monoisotopic (exact) mass is 712 g/mol. The molecular weight excluding hydrogens is 664 g/mol. The highest BCUT2D eigenvalue weighted by atomic mass is 16.7. The van der Waals surface area contributed by atoms with Gasteiger partial charge in [0.25, 0.3) is 0 Å². The Bertz CT molecular complexity index is 1640. The molecule has 0 bridgehead atoms. The van der Waals surface area contributed by atoms with Crippen molar-refractivity contribution in [1.82, 2.24) is 0 Å². The Kier molecular flexibility index (Phi) is 14.2. The number of aliphatic carboxylic acids is 1. The van der Waals surface area contributed by atoms with Gasteiger partial charge < -0.3 is 28.8 Å². The predicted octanol–water partition coefficient (Wildman–Crippen LogP) is 8.35. The SMILES string of the molecule is C=CC(=O)OCCCCCC1CCC(c2ccc(-c3ccc(C(=O)Oc4ccc(C5O[C@@H](C(=O)O)[C@H](C(=O)OCCCC)O5)cc4)cc3)cc2)CC1. The number of ether oxygens (including phenoxy) is 5. The second kappa shape index (κ2) is 19.2. The first-order valence-corrected chi connectivity index (χ1v) is 18.3. The molecule has 3 aromatic rings. The van der Waals surface area contributed by atoms with Crippen LogP contribution in [-0.4, -0.2) is 54.4 Å². The molecule has 0 aromatic heterocycles. The summed E-state index contributed by atoms with van der Waals surface area (Å²) in [6.45, 7) is 6.01. The Balaban J connectivity index is 1.07. The molecule has 2 aliphatic rings. The fourth-order valence-electron chi connectivity index (χ4n) is 6.70. The van der Waals surface area contributed by atoms with Crippen LogP contribution in [0.25, 0.3) is 11.1 Å². The van der Waals surface area contributed by atoms with Gasteiger partial charge in [0, 0.05) is 11.6 Å². The summed E-state index contributed by atoms with van der Waals surface area (Å²) < 4.78 is 26.9. The molecule has 1 saturated carbocycles. The molecule has 10 nitrogen and oxygen atoms in total. The summed E-state index contributed by atoms with van der Waals surface area (Å²) >= 11 is 0. The molecule has 276 valence electrons. The molecule has 2 fully saturated rings. The van der Waals surface area contributed by atoms with Crippen LogP contribution in [0.4, 0.5) is 0 Å². The standard InChI is InChI=1S/C42H48O10/c1-3-5-26-49-41(47)38-37(39(44)45)51-42(52-38)34-22-24-35(25-23-34)50-40(46)33-20-18-32(19-21-33)31-16-14-30(15-17-31)29-12-10-28(11-13-29)9-7-6-8-27-48-36(43)4-2/h4,14-25,28-29,37-38,42H,2-3,5-13,26-27H2,1H3,(H,44,45)/t28?,29?,37-,38-,42?/m1/s1. The van der Waals surface area contributed by atoms with Crippen molar-refractivity contribution in [3.63, 3.8) is 0 Å². The minimum atomic E-state index is -1.50. The molecule has 10 heteroatoms. The fourth-order valence-corrected chi connectivity index (χ4v) is 6.70. The van der Waals surface area contributed by atoms with Crippen molar-refractivity contribution in [2.75, 3.05) is 13.2 Å². The molecule has 1 saturated heterocycles. The molecule has 1 heterocycles. The molecule has 3 atom stereocenters. The topological polar surface area (TPSA) is 135 Å². The van der Waals surface area contributed by atoms with Crippen LogP contribution in [0.15, 0.2) is 85.5 Å². The van der Waals surface area contributed by atoms with Crippen LogP contribution in [0, 0.1) is 5.92 Å². The van der Waals surface area contributed by atoms with Gasteiger partial charge in [0.05, 0.1) is 18.8 Å².